The van der Waals surface area contributed by atoms with Crippen LogP contribution in [0, 0.1) is 5.82 Å². The molecule has 0 aliphatic rings. The zero-order valence-electron chi connectivity index (χ0n) is 6.08. The quantitative estimate of drug-likeness (QED) is 0.648. The lowest BCUT2D eigenvalue weighted by atomic mass is 10.1. The summed E-state index contributed by atoms with van der Waals surface area (Å²) in [6, 6.07) is 3.81. The summed E-state index contributed by atoms with van der Waals surface area (Å²) in [6.07, 6.45) is -0.704. The molecule has 0 aliphatic carbocycles. The molecule has 0 radical (unpaired) electrons. The van der Waals surface area contributed by atoms with E-state index in [1.54, 1.807) is 0 Å². The number of aromatic hydroxyl groups is 1. The number of benzene rings is 1. The summed E-state index contributed by atoms with van der Waals surface area (Å²) in [5.41, 5.74) is 0.459. The Kier molecular flexibility index (Phi) is 2.10. The molecule has 0 unspecified atom stereocenters. The summed E-state index contributed by atoms with van der Waals surface area (Å²) in [7, 11) is 0. The zero-order chi connectivity index (χ0) is 8.43. The lowest BCUT2D eigenvalue weighted by Gasteiger charge is -2.04. The second-order valence-corrected chi connectivity index (χ2v) is 2.39. The molecule has 0 fully saturated rings. The Morgan fingerprint density at radius 2 is 2.09 bits per heavy atom. The summed E-state index contributed by atoms with van der Waals surface area (Å²) in [5.74, 6) is -1.10. The van der Waals surface area contributed by atoms with Gasteiger partial charge in [0.15, 0.2) is 11.6 Å². The minimum absolute atomic E-state index is 0.394. The van der Waals surface area contributed by atoms with Gasteiger partial charge in [-0.25, -0.2) is 4.39 Å². The lowest BCUT2D eigenvalue weighted by Crippen LogP contribution is -1.91. The average molecular weight is 156 g/mol. The van der Waals surface area contributed by atoms with Gasteiger partial charge in [-0.15, -0.1) is 0 Å². The van der Waals surface area contributed by atoms with Gasteiger partial charge < -0.3 is 10.2 Å². The van der Waals surface area contributed by atoms with Crippen LogP contribution in [-0.4, -0.2) is 10.2 Å². The molecule has 60 valence electrons. The molecule has 1 aromatic rings. The number of phenolic OH excluding ortho intramolecular Hbond substituents is 1. The second-order valence-electron chi connectivity index (χ2n) is 2.39. The molecule has 11 heavy (non-hydrogen) atoms. The maximum Gasteiger partial charge on any atom is 0.165 e. The fourth-order valence-corrected chi connectivity index (χ4v) is 0.783. The third-order valence-electron chi connectivity index (χ3n) is 1.45. The van der Waals surface area contributed by atoms with Crippen LogP contribution in [0.4, 0.5) is 4.39 Å². The molecule has 0 spiro atoms. The molecule has 1 rings (SSSR count). The number of rotatable bonds is 1. The van der Waals surface area contributed by atoms with Crippen LogP contribution < -0.4 is 0 Å². The highest BCUT2D eigenvalue weighted by atomic mass is 19.1. The molecule has 0 amide bonds. The second kappa shape index (κ2) is 2.88. The average Bonchev–Trinajstić information content (AvgIpc) is 1.94. The van der Waals surface area contributed by atoms with Gasteiger partial charge in [0, 0.05) is 0 Å². The molecule has 1 aromatic carbocycles. The molecular formula is C8H9FO2. The smallest absolute Gasteiger partial charge is 0.165 e. The van der Waals surface area contributed by atoms with Crippen LogP contribution >= 0.6 is 0 Å². The number of aliphatic hydroxyl groups excluding tert-OH is 1. The van der Waals surface area contributed by atoms with E-state index >= 15 is 0 Å². The van der Waals surface area contributed by atoms with Gasteiger partial charge in [0.25, 0.3) is 0 Å². The molecule has 0 bridgehead atoms. The highest BCUT2D eigenvalue weighted by Crippen LogP contribution is 2.19. The van der Waals surface area contributed by atoms with Crippen molar-refractivity contribution in [3.05, 3.63) is 29.6 Å². The zero-order valence-corrected chi connectivity index (χ0v) is 6.08. The van der Waals surface area contributed by atoms with Crippen molar-refractivity contribution >= 4 is 0 Å². The van der Waals surface area contributed by atoms with E-state index in [0.29, 0.717) is 5.56 Å². The fraction of sp³-hybridized carbons (Fsp3) is 0.250. The van der Waals surface area contributed by atoms with Crippen LogP contribution in [0.1, 0.15) is 18.6 Å². The topological polar surface area (TPSA) is 40.5 Å². The molecule has 0 heterocycles. The van der Waals surface area contributed by atoms with Gasteiger partial charge in [0.1, 0.15) is 0 Å². The largest absolute Gasteiger partial charge is 0.505 e. The molecule has 0 saturated carbocycles. The monoisotopic (exact) mass is 156 g/mol. The molecule has 3 heteroatoms. The van der Waals surface area contributed by atoms with Crippen LogP contribution in [-0.2, 0) is 0 Å². The van der Waals surface area contributed by atoms with Crippen LogP contribution in [0.15, 0.2) is 18.2 Å². The first-order valence-electron chi connectivity index (χ1n) is 3.27. The standard InChI is InChI=1S/C8H9FO2/c1-5(10)6-2-3-8(11)7(9)4-6/h2-5,10-11H,1H3/t5-/m0/s1. The van der Waals surface area contributed by atoms with Crippen molar-refractivity contribution in [2.45, 2.75) is 13.0 Å². The Labute approximate surface area is 63.9 Å². The van der Waals surface area contributed by atoms with E-state index in [2.05, 4.69) is 0 Å². The summed E-state index contributed by atoms with van der Waals surface area (Å²) in [6.45, 7) is 1.53. The van der Waals surface area contributed by atoms with Crippen molar-refractivity contribution < 1.29 is 14.6 Å². The summed E-state index contributed by atoms with van der Waals surface area (Å²) >= 11 is 0. The van der Waals surface area contributed by atoms with E-state index in [9.17, 15) is 4.39 Å². The van der Waals surface area contributed by atoms with Crippen molar-refractivity contribution in [1.29, 1.82) is 0 Å². The van der Waals surface area contributed by atoms with Crippen LogP contribution in [0.5, 0.6) is 5.75 Å². The van der Waals surface area contributed by atoms with Crippen molar-refractivity contribution in [2.75, 3.05) is 0 Å². The van der Waals surface area contributed by atoms with E-state index in [4.69, 9.17) is 10.2 Å². The van der Waals surface area contributed by atoms with Gasteiger partial charge in [0.2, 0.25) is 0 Å². The Hall–Kier alpha value is -1.09. The Balaban J connectivity index is 3.05. The maximum atomic E-state index is 12.6. The summed E-state index contributed by atoms with van der Waals surface area (Å²) in [4.78, 5) is 0. The van der Waals surface area contributed by atoms with Crippen molar-refractivity contribution in [3.63, 3.8) is 0 Å². The van der Waals surface area contributed by atoms with Gasteiger partial charge >= 0.3 is 0 Å². The number of phenols is 1. The molecular weight excluding hydrogens is 147 g/mol. The van der Waals surface area contributed by atoms with Crippen molar-refractivity contribution in [3.8, 4) is 5.75 Å². The highest BCUT2D eigenvalue weighted by Gasteiger charge is 2.04. The SMILES string of the molecule is C[C@H](O)c1ccc(O)c(F)c1. The van der Waals surface area contributed by atoms with E-state index in [1.165, 1.54) is 19.1 Å². The first-order chi connectivity index (χ1) is 5.11. The third kappa shape index (κ3) is 1.68. The van der Waals surface area contributed by atoms with Gasteiger partial charge in [-0.3, -0.25) is 0 Å². The minimum Gasteiger partial charge on any atom is -0.505 e. The number of hydrogen-bond donors (Lipinski definition) is 2. The third-order valence-corrected chi connectivity index (χ3v) is 1.45. The predicted octanol–water partition coefficient (Wildman–Crippen LogP) is 1.58. The highest BCUT2D eigenvalue weighted by molar-refractivity contribution is 5.28. The van der Waals surface area contributed by atoms with Crippen LogP contribution in [0.25, 0.3) is 0 Å². The minimum atomic E-state index is -0.705. The van der Waals surface area contributed by atoms with Crippen molar-refractivity contribution in [1.82, 2.24) is 0 Å². The van der Waals surface area contributed by atoms with Gasteiger partial charge in [-0.05, 0) is 24.6 Å². The first kappa shape index (κ1) is 8.01. The fourth-order valence-electron chi connectivity index (χ4n) is 0.783. The number of hydrogen-bond acceptors (Lipinski definition) is 2. The van der Waals surface area contributed by atoms with Crippen molar-refractivity contribution in [2.24, 2.45) is 0 Å². The number of aliphatic hydroxyl groups is 1. The van der Waals surface area contributed by atoms with E-state index in [1.807, 2.05) is 0 Å². The Bertz CT molecular complexity index is 258. The Morgan fingerprint density at radius 3 is 2.55 bits per heavy atom. The normalized spacial score (nSPS) is 13.0. The molecule has 0 aliphatic heterocycles. The molecule has 1 atom stereocenters. The predicted molar refractivity (Wildman–Crippen MR) is 38.7 cm³/mol. The van der Waals surface area contributed by atoms with E-state index in [-0.39, 0.29) is 0 Å². The molecule has 0 saturated heterocycles. The molecule has 0 aromatic heterocycles. The van der Waals surface area contributed by atoms with Gasteiger partial charge in [-0.1, -0.05) is 6.07 Å². The summed E-state index contributed by atoms with van der Waals surface area (Å²) < 4.78 is 12.6. The van der Waals surface area contributed by atoms with Crippen LogP contribution in [0.3, 0.4) is 0 Å². The maximum absolute atomic E-state index is 12.6. The van der Waals surface area contributed by atoms with Gasteiger partial charge in [-0.2, -0.15) is 0 Å². The van der Waals surface area contributed by atoms with Crippen LogP contribution in [0.2, 0.25) is 0 Å². The summed E-state index contributed by atoms with van der Waals surface area (Å²) in [5, 5.41) is 17.8. The Morgan fingerprint density at radius 1 is 1.45 bits per heavy atom. The van der Waals surface area contributed by atoms with Gasteiger partial charge in [0.05, 0.1) is 6.10 Å². The van der Waals surface area contributed by atoms with E-state index in [0.717, 1.165) is 6.07 Å². The first-order valence-corrected chi connectivity index (χ1v) is 3.27. The molecule has 2 nitrogen and oxygen atoms in total. The molecule has 2 N–H and O–H groups in total. The lowest BCUT2D eigenvalue weighted by molar-refractivity contribution is 0.198. The van der Waals surface area contributed by atoms with E-state index < -0.39 is 17.7 Å². The number of halogens is 1.